The Kier molecular flexibility index (Phi) is 4.55. The van der Waals surface area contributed by atoms with Crippen molar-refractivity contribution in [3.63, 3.8) is 0 Å². The first-order valence-electron chi connectivity index (χ1n) is 7.58. The number of anilines is 3. The molecule has 0 fully saturated rings. The lowest BCUT2D eigenvalue weighted by molar-refractivity contribution is -0.274. The van der Waals surface area contributed by atoms with E-state index in [0.29, 0.717) is 0 Å². The van der Waals surface area contributed by atoms with Gasteiger partial charge in [-0.1, -0.05) is 12.1 Å². The van der Waals surface area contributed by atoms with Crippen molar-refractivity contribution in [2.24, 2.45) is 4.99 Å². The molecule has 0 spiro atoms. The molecule has 9 nitrogen and oxygen atoms in total. The summed E-state index contributed by atoms with van der Waals surface area (Å²) in [5, 5.41) is 23.1. The lowest BCUT2D eigenvalue weighted by atomic mass is 9.95. The molecule has 0 amide bonds. The normalized spacial score (nSPS) is 15.3. The van der Waals surface area contributed by atoms with Gasteiger partial charge in [0.15, 0.2) is 6.19 Å². The Bertz CT molecular complexity index is 1050. The molecular weight excluding hydrogens is 377 g/mol. The largest absolute Gasteiger partial charge is 0.573 e. The first-order valence-corrected chi connectivity index (χ1v) is 7.58. The van der Waals surface area contributed by atoms with Crippen molar-refractivity contribution >= 4 is 23.3 Å². The lowest BCUT2D eigenvalue weighted by Crippen LogP contribution is -2.32. The molecule has 1 aromatic heterocycles. The first kappa shape index (κ1) is 18.6. The maximum absolute atomic E-state index is 12.5. The molecule has 3 rings (SSSR count). The second kappa shape index (κ2) is 6.85. The highest BCUT2D eigenvalue weighted by atomic mass is 19.4. The van der Waals surface area contributed by atoms with Crippen LogP contribution in [0, 0.1) is 22.8 Å². The number of guanidine groups is 1. The fourth-order valence-electron chi connectivity index (χ4n) is 2.70. The zero-order valence-electron chi connectivity index (χ0n) is 13.9. The van der Waals surface area contributed by atoms with Crippen LogP contribution >= 0.6 is 0 Å². The van der Waals surface area contributed by atoms with Crippen molar-refractivity contribution in [3.8, 4) is 18.0 Å². The second-order valence-electron chi connectivity index (χ2n) is 5.52. The van der Waals surface area contributed by atoms with Crippen LogP contribution in [-0.2, 0) is 0 Å². The SMILES string of the molecule is N#CNC1=NC(c2cccc(OC(F)(F)F)c2)c2c(nc(N)c(C#N)c2N)N1. The summed E-state index contributed by atoms with van der Waals surface area (Å²) in [4.78, 5) is 8.31. The molecule has 12 heteroatoms. The number of rotatable bonds is 2. The standard InChI is InChI=1S/C16H11F3N8O/c17-16(18,19)28-8-3-1-2-7(4-8)12-10-11(22)9(5-20)13(23)26-14(10)27-15(25-12)24-6-21/h1-4,12H,(H6,22,23,24,25,26,27). The number of nitrogens with zero attached hydrogens (tertiary/aromatic N) is 4. The minimum Gasteiger partial charge on any atom is -0.406 e. The van der Waals surface area contributed by atoms with Gasteiger partial charge in [0, 0.05) is 5.56 Å². The Morgan fingerprint density at radius 2 is 2.00 bits per heavy atom. The van der Waals surface area contributed by atoms with E-state index in [0.717, 1.165) is 12.1 Å². The molecule has 142 valence electrons. The molecule has 0 bridgehead atoms. The summed E-state index contributed by atoms with van der Waals surface area (Å²) >= 11 is 0. The lowest BCUT2D eigenvalue weighted by Gasteiger charge is -2.26. The Labute approximate surface area is 156 Å². The number of halogens is 3. The molecule has 1 unspecified atom stereocenters. The van der Waals surface area contributed by atoms with Crippen LogP contribution in [-0.4, -0.2) is 17.3 Å². The molecule has 0 radical (unpaired) electrons. The number of hydrogen-bond donors (Lipinski definition) is 4. The maximum atomic E-state index is 12.5. The Balaban J connectivity index is 2.17. The van der Waals surface area contributed by atoms with Crippen LogP contribution in [0.2, 0.25) is 0 Å². The van der Waals surface area contributed by atoms with Crippen LogP contribution < -0.4 is 26.8 Å². The van der Waals surface area contributed by atoms with Crippen LogP contribution in [0.1, 0.15) is 22.7 Å². The van der Waals surface area contributed by atoms with E-state index >= 15 is 0 Å². The molecule has 1 aliphatic heterocycles. The van der Waals surface area contributed by atoms with Gasteiger partial charge in [0.25, 0.3) is 0 Å². The van der Waals surface area contributed by atoms with Gasteiger partial charge < -0.3 is 21.5 Å². The number of nitrogen functional groups attached to an aromatic ring is 2. The van der Waals surface area contributed by atoms with E-state index < -0.39 is 18.2 Å². The summed E-state index contributed by atoms with van der Waals surface area (Å²) in [5.74, 6) is -0.498. The third kappa shape index (κ3) is 3.52. The molecule has 1 atom stereocenters. The van der Waals surface area contributed by atoms with Gasteiger partial charge >= 0.3 is 6.36 Å². The van der Waals surface area contributed by atoms with Crippen molar-refractivity contribution < 1.29 is 17.9 Å². The van der Waals surface area contributed by atoms with Crippen LogP contribution in [0.4, 0.5) is 30.5 Å². The topological polar surface area (TPSA) is 158 Å². The highest BCUT2D eigenvalue weighted by Gasteiger charge is 2.33. The number of hydrogen-bond acceptors (Lipinski definition) is 9. The zero-order valence-corrected chi connectivity index (χ0v) is 13.9. The van der Waals surface area contributed by atoms with Crippen molar-refractivity contribution in [3.05, 3.63) is 41.0 Å². The average Bonchev–Trinajstić information content (AvgIpc) is 2.60. The van der Waals surface area contributed by atoms with Crippen molar-refractivity contribution in [2.45, 2.75) is 12.4 Å². The summed E-state index contributed by atoms with van der Waals surface area (Å²) < 4.78 is 41.6. The predicted octanol–water partition coefficient (Wildman–Crippen LogP) is 1.96. The molecule has 2 heterocycles. The molecule has 0 saturated heterocycles. The molecule has 1 aromatic carbocycles. The number of pyridine rings is 1. The first-order chi connectivity index (χ1) is 13.2. The fraction of sp³-hybridized carbons (Fsp3) is 0.125. The van der Waals surface area contributed by atoms with Crippen LogP contribution in [0.25, 0.3) is 0 Å². The number of aromatic nitrogens is 1. The van der Waals surface area contributed by atoms with Gasteiger partial charge in [0.1, 0.15) is 35.1 Å². The van der Waals surface area contributed by atoms with E-state index in [4.69, 9.17) is 16.7 Å². The summed E-state index contributed by atoms with van der Waals surface area (Å²) in [6.45, 7) is 0. The summed E-state index contributed by atoms with van der Waals surface area (Å²) in [6, 6.07) is 5.96. The minimum atomic E-state index is -4.87. The van der Waals surface area contributed by atoms with E-state index in [1.165, 1.54) is 12.1 Å². The molecule has 1 aliphatic rings. The van der Waals surface area contributed by atoms with E-state index in [1.807, 2.05) is 6.07 Å². The van der Waals surface area contributed by atoms with E-state index in [1.54, 1.807) is 6.19 Å². The van der Waals surface area contributed by atoms with Gasteiger partial charge in [0.2, 0.25) is 5.96 Å². The number of alkyl halides is 3. The third-order valence-electron chi connectivity index (χ3n) is 3.76. The van der Waals surface area contributed by atoms with E-state index in [2.05, 4.69) is 25.3 Å². The van der Waals surface area contributed by atoms with Gasteiger partial charge in [-0.25, -0.2) is 9.98 Å². The highest BCUT2D eigenvalue weighted by Crippen LogP contribution is 2.41. The van der Waals surface area contributed by atoms with Crippen LogP contribution in [0.15, 0.2) is 29.3 Å². The summed E-state index contributed by atoms with van der Waals surface area (Å²) in [5.41, 5.74) is 12.2. The number of aliphatic imine (C=N–C) groups is 1. The molecule has 28 heavy (non-hydrogen) atoms. The van der Waals surface area contributed by atoms with Gasteiger partial charge in [-0.2, -0.15) is 10.5 Å². The number of nitriles is 2. The predicted molar refractivity (Wildman–Crippen MR) is 92.6 cm³/mol. The molecule has 2 aromatic rings. The van der Waals surface area contributed by atoms with Crippen molar-refractivity contribution in [1.82, 2.24) is 10.3 Å². The van der Waals surface area contributed by atoms with Crippen molar-refractivity contribution in [1.29, 1.82) is 10.5 Å². The highest BCUT2D eigenvalue weighted by molar-refractivity contribution is 5.98. The Morgan fingerprint density at radius 1 is 1.25 bits per heavy atom. The summed E-state index contributed by atoms with van der Waals surface area (Å²) in [7, 11) is 0. The number of ether oxygens (including phenoxy) is 1. The smallest absolute Gasteiger partial charge is 0.406 e. The second-order valence-corrected chi connectivity index (χ2v) is 5.52. The molecular formula is C16H11F3N8O. The van der Waals surface area contributed by atoms with Crippen molar-refractivity contribution in [2.75, 3.05) is 16.8 Å². The maximum Gasteiger partial charge on any atom is 0.573 e. The third-order valence-corrected chi connectivity index (χ3v) is 3.76. The fourth-order valence-corrected chi connectivity index (χ4v) is 2.70. The zero-order chi connectivity index (χ0) is 20.5. The molecule has 6 N–H and O–H groups in total. The van der Waals surface area contributed by atoms with Gasteiger partial charge in [-0.3, -0.25) is 5.32 Å². The van der Waals surface area contributed by atoms with Crippen LogP contribution in [0.3, 0.4) is 0 Å². The summed E-state index contributed by atoms with van der Waals surface area (Å²) in [6.07, 6.45) is -3.20. The van der Waals surface area contributed by atoms with Gasteiger partial charge in [0.05, 0.1) is 5.69 Å². The Morgan fingerprint density at radius 3 is 2.64 bits per heavy atom. The Hall–Kier alpha value is -4.19. The number of nitrogens with one attached hydrogen (secondary N) is 2. The van der Waals surface area contributed by atoms with Gasteiger partial charge in [-0.05, 0) is 17.7 Å². The monoisotopic (exact) mass is 388 g/mol. The quantitative estimate of drug-likeness (QED) is 0.449. The molecule has 0 aliphatic carbocycles. The van der Waals surface area contributed by atoms with Crippen LogP contribution in [0.5, 0.6) is 5.75 Å². The van der Waals surface area contributed by atoms with Gasteiger partial charge in [-0.15, -0.1) is 13.2 Å². The average molecular weight is 388 g/mol. The van der Waals surface area contributed by atoms with E-state index in [9.17, 15) is 18.4 Å². The number of nitrogens with two attached hydrogens (primary N) is 2. The molecule has 0 saturated carbocycles. The number of fused-ring (bicyclic) bond motifs is 1. The van der Waals surface area contributed by atoms with E-state index in [-0.39, 0.29) is 40.0 Å². The number of benzene rings is 1. The minimum absolute atomic E-state index is 0.0156.